The van der Waals surface area contributed by atoms with Crippen molar-refractivity contribution in [2.75, 3.05) is 0 Å². The van der Waals surface area contributed by atoms with Crippen LogP contribution in [-0.4, -0.2) is 20.7 Å². The predicted molar refractivity (Wildman–Crippen MR) is 98.7 cm³/mol. The summed E-state index contributed by atoms with van der Waals surface area (Å²) in [6, 6.07) is 11.1. The van der Waals surface area contributed by atoms with E-state index in [0.717, 1.165) is 21.2 Å². The van der Waals surface area contributed by atoms with Crippen molar-refractivity contribution >= 4 is 39.0 Å². The molecule has 0 spiro atoms. The molecular formula is C18H16N4O2S. The Hall–Kier alpha value is -2.93. The largest absolute Gasteiger partial charge is 0.349 e. The summed E-state index contributed by atoms with van der Waals surface area (Å²) in [7, 11) is 0. The zero-order chi connectivity index (χ0) is 17.4. The standard InChI is InChI=1S/C18H16N4O2S/c1-11(17(23)19-9-12-5-4-8-25-12)22-15-7-3-2-6-13(15)14-10-20-21-18(24)16(14)22/h2-8,10-11H,9H2,1H3,(H,19,23)(H,21,24)/t11-/m0/s1. The van der Waals surface area contributed by atoms with Crippen LogP contribution in [0.15, 0.2) is 52.8 Å². The topological polar surface area (TPSA) is 79.8 Å². The quantitative estimate of drug-likeness (QED) is 0.593. The molecule has 4 aromatic rings. The van der Waals surface area contributed by atoms with E-state index in [2.05, 4.69) is 15.5 Å². The highest BCUT2D eigenvalue weighted by atomic mass is 32.1. The first-order valence-electron chi connectivity index (χ1n) is 7.93. The van der Waals surface area contributed by atoms with Crippen molar-refractivity contribution in [3.8, 4) is 0 Å². The van der Waals surface area contributed by atoms with Crippen molar-refractivity contribution in [3.05, 3.63) is 63.2 Å². The van der Waals surface area contributed by atoms with E-state index in [-0.39, 0.29) is 11.5 Å². The van der Waals surface area contributed by atoms with Crippen LogP contribution in [0.1, 0.15) is 17.8 Å². The Kier molecular flexibility index (Phi) is 3.85. The molecule has 0 aliphatic heterocycles. The van der Waals surface area contributed by atoms with Crippen LogP contribution in [0.5, 0.6) is 0 Å². The van der Waals surface area contributed by atoms with Crippen LogP contribution < -0.4 is 10.9 Å². The van der Waals surface area contributed by atoms with Crippen LogP contribution >= 0.6 is 11.3 Å². The molecule has 1 amide bonds. The van der Waals surface area contributed by atoms with E-state index in [1.165, 1.54) is 0 Å². The van der Waals surface area contributed by atoms with Crippen molar-refractivity contribution in [1.29, 1.82) is 0 Å². The average Bonchev–Trinajstić information content (AvgIpc) is 3.26. The highest BCUT2D eigenvalue weighted by Gasteiger charge is 2.22. The van der Waals surface area contributed by atoms with E-state index < -0.39 is 6.04 Å². The summed E-state index contributed by atoms with van der Waals surface area (Å²) >= 11 is 1.60. The molecule has 0 bridgehead atoms. The van der Waals surface area contributed by atoms with Gasteiger partial charge in [0.25, 0.3) is 5.56 Å². The predicted octanol–water partition coefficient (Wildman–Crippen LogP) is 2.82. The molecule has 3 aromatic heterocycles. The third kappa shape index (κ3) is 2.62. The van der Waals surface area contributed by atoms with Crippen LogP contribution in [0.3, 0.4) is 0 Å². The summed E-state index contributed by atoms with van der Waals surface area (Å²) in [5.41, 5.74) is 1.01. The summed E-state index contributed by atoms with van der Waals surface area (Å²) in [5, 5.41) is 12.9. The normalized spacial score (nSPS) is 12.5. The van der Waals surface area contributed by atoms with Gasteiger partial charge in [-0.3, -0.25) is 9.59 Å². The lowest BCUT2D eigenvalue weighted by Gasteiger charge is -2.16. The first-order valence-corrected chi connectivity index (χ1v) is 8.81. The van der Waals surface area contributed by atoms with Gasteiger partial charge in [0.05, 0.1) is 18.3 Å². The molecule has 3 heterocycles. The molecular weight excluding hydrogens is 336 g/mol. The van der Waals surface area contributed by atoms with Crippen molar-refractivity contribution in [3.63, 3.8) is 0 Å². The van der Waals surface area contributed by atoms with Gasteiger partial charge < -0.3 is 9.88 Å². The van der Waals surface area contributed by atoms with Crippen molar-refractivity contribution in [1.82, 2.24) is 20.1 Å². The monoisotopic (exact) mass is 352 g/mol. The Labute approximate surface area is 147 Å². The number of nitrogens with zero attached hydrogens (tertiary/aromatic N) is 2. The number of carbonyl (C=O) groups is 1. The summed E-state index contributed by atoms with van der Waals surface area (Å²) in [6.07, 6.45) is 1.63. The molecule has 2 N–H and O–H groups in total. The molecule has 0 aliphatic rings. The fourth-order valence-corrected chi connectivity index (χ4v) is 3.76. The van der Waals surface area contributed by atoms with E-state index >= 15 is 0 Å². The van der Waals surface area contributed by atoms with Gasteiger partial charge in [-0.25, -0.2) is 5.10 Å². The molecule has 0 saturated heterocycles. The number of rotatable bonds is 4. The third-order valence-corrected chi connectivity index (χ3v) is 5.18. The zero-order valence-electron chi connectivity index (χ0n) is 13.5. The summed E-state index contributed by atoms with van der Waals surface area (Å²) in [6.45, 7) is 2.28. The lowest BCUT2D eigenvalue weighted by Crippen LogP contribution is -2.31. The number of H-pyrrole nitrogens is 1. The lowest BCUT2D eigenvalue weighted by atomic mass is 10.2. The first-order chi connectivity index (χ1) is 12.2. The number of thiophene rings is 1. The number of para-hydroxylation sites is 1. The highest BCUT2D eigenvalue weighted by Crippen LogP contribution is 2.29. The van der Waals surface area contributed by atoms with Crippen LogP contribution in [-0.2, 0) is 11.3 Å². The minimum atomic E-state index is -0.522. The van der Waals surface area contributed by atoms with Gasteiger partial charge in [0.1, 0.15) is 11.6 Å². The fourth-order valence-electron chi connectivity index (χ4n) is 3.11. The van der Waals surface area contributed by atoms with Gasteiger partial charge in [-0.2, -0.15) is 5.10 Å². The summed E-state index contributed by atoms with van der Waals surface area (Å²) in [4.78, 5) is 26.1. The molecule has 0 saturated carbocycles. The van der Waals surface area contributed by atoms with Gasteiger partial charge in [0, 0.05) is 15.6 Å². The lowest BCUT2D eigenvalue weighted by molar-refractivity contribution is -0.123. The number of aromatic amines is 1. The summed E-state index contributed by atoms with van der Waals surface area (Å²) < 4.78 is 1.79. The molecule has 0 unspecified atom stereocenters. The van der Waals surface area contributed by atoms with Gasteiger partial charge in [-0.15, -0.1) is 11.3 Å². The van der Waals surface area contributed by atoms with Crippen LogP contribution in [0.2, 0.25) is 0 Å². The van der Waals surface area contributed by atoms with E-state index in [1.807, 2.05) is 41.8 Å². The van der Waals surface area contributed by atoms with E-state index in [9.17, 15) is 9.59 Å². The minimum Gasteiger partial charge on any atom is -0.349 e. The minimum absolute atomic E-state index is 0.132. The Morgan fingerprint density at radius 2 is 2.12 bits per heavy atom. The van der Waals surface area contributed by atoms with Gasteiger partial charge in [0.2, 0.25) is 5.91 Å². The fraction of sp³-hybridized carbons (Fsp3) is 0.167. The molecule has 0 aliphatic carbocycles. The second kappa shape index (κ2) is 6.18. The number of fused-ring (bicyclic) bond motifs is 3. The maximum absolute atomic E-state index is 12.7. The first kappa shape index (κ1) is 15.6. The second-order valence-electron chi connectivity index (χ2n) is 5.82. The molecule has 4 rings (SSSR count). The Morgan fingerprint density at radius 3 is 2.92 bits per heavy atom. The van der Waals surface area contributed by atoms with Crippen LogP contribution in [0.4, 0.5) is 0 Å². The zero-order valence-corrected chi connectivity index (χ0v) is 14.3. The van der Waals surface area contributed by atoms with Crippen LogP contribution in [0, 0.1) is 0 Å². The Balaban J connectivity index is 1.78. The van der Waals surface area contributed by atoms with Gasteiger partial charge in [-0.05, 0) is 24.4 Å². The summed E-state index contributed by atoms with van der Waals surface area (Å²) in [5.74, 6) is -0.132. The number of benzene rings is 1. The molecule has 6 nitrogen and oxygen atoms in total. The van der Waals surface area contributed by atoms with E-state index in [1.54, 1.807) is 29.0 Å². The maximum atomic E-state index is 12.7. The van der Waals surface area contributed by atoms with Crippen molar-refractivity contribution in [2.24, 2.45) is 0 Å². The molecule has 0 fully saturated rings. The number of aromatic nitrogens is 3. The van der Waals surface area contributed by atoms with Gasteiger partial charge >= 0.3 is 0 Å². The average molecular weight is 352 g/mol. The number of hydrogen-bond donors (Lipinski definition) is 2. The van der Waals surface area contributed by atoms with Crippen molar-refractivity contribution in [2.45, 2.75) is 19.5 Å². The number of carbonyl (C=O) groups excluding carboxylic acids is 1. The molecule has 25 heavy (non-hydrogen) atoms. The molecule has 1 aromatic carbocycles. The van der Waals surface area contributed by atoms with Crippen molar-refractivity contribution < 1.29 is 4.79 Å². The Morgan fingerprint density at radius 1 is 1.28 bits per heavy atom. The highest BCUT2D eigenvalue weighted by molar-refractivity contribution is 7.09. The smallest absolute Gasteiger partial charge is 0.288 e. The number of amides is 1. The SMILES string of the molecule is C[C@@H](C(=O)NCc1cccs1)n1c2ccccc2c2cn[nH]c(=O)c21. The Bertz CT molecular complexity index is 1110. The molecule has 7 heteroatoms. The number of hydrogen-bond acceptors (Lipinski definition) is 4. The van der Waals surface area contributed by atoms with Gasteiger partial charge in [0.15, 0.2) is 0 Å². The third-order valence-electron chi connectivity index (χ3n) is 4.31. The maximum Gasteiger partial charge on any atom is 0.288 e. The van der Waals surface area contributed by atoms with Gasteiger partial charge in [-0.1, -0.05) is 24.3 Å². The van der Waals surface area contributed by atoms with E-state index in [0.29, 0.717) is 12.1 Å². The van der Waals surface area contributed by atoms with E-state index in [4.69, 9.17) is 0 Å². The second-order valence-corrected chi connectivity index (χ2v) is 6.85. The molecule has 0 radical (unpaired) electrons. The molecule has 126 valence electrons. The number of nitrogens with one attached hydrogen (secondary N) is 2. The molecule has 1 atom stereocenters. The van der Waals surface area contributed by atoms with Crippen LogP contribution in [0.25, 0.3) is 21.8 Å².